The minimum atomic E-state index is 0.729. The zero-order valence-corrected chi connectivity index (χ0v) is 9.26. The van der Waals surface area contributed by atoms with Crippen LogP contribution in [0.3, 0.4) is 0 Å². The third-order valence-electron chi connectivity index (χ3n) is 1.92. The van der Waals surface area contributed by atoms with E-state index in [4.69, 9.17) is 11.6 Å². The maximum Gasteiger partial charge on any atom is 0.137 e. The lowest BCUT2D eigenvalue weighted by molar-refractivity contribution is 1.02. The van der Waals surface area contributed by atoms with Crippen molar-refractivity contribution in [2.24, 2.45) is 0 Å². The van der Waals surface area contributed by atoms with Crippen LogP contribution in [0.2, 0.25) is 0 Å². The lowest BCUT2D eigenvalue weighted by atomic mass is 10.5. The summed E-state index contributed by atoms with van der Waals surface area (Å²) in [7, 11) is 0. The first kappa shape index (κ1) is 9.87. The number of halogens is 1. The molecule has 0 saturated heterocycles. The summed E-state index contributed by atoms with van der Waals surface area (Å²) in [4.78, 5) is 4.23. The van der Waals surface area contributed by atoms with Crippen molar-refractivity contribution >= 4 is 29.0 Å². The van der Waals surface area contributed by atoms with Crippen molar-refractivity contribution in [1.29, 1.82) is 0 Å². The molecule has 0 aromatic carbocycles. The molecule has 2 heterocycles. The van der Waals surface area contributed by atoms with E-state index in [1.807, 2.05) is 36.3 Å². The minimum absolute atomic E-state index is 0.729. The van der Waals surface area contributed by atoms with E-state index in [0.717, 1.165) is 23.7 Å². The van der Waals surface area contributed by atoms with E-state index in [-0.39, 0.29) is 0 Å². The number of rotatable bonds is 4. The third-order valence-corrected chi connectivity index (χ3v) is 3.31. The Hall–Kier alpha value is -0.670. The van der Waals surface area contributed by atoms with Gasteiger partial charge in [0.15, 0.2) is 0 Å². The van der Waals surface area contributed by atoms with Crippen LogP contribution in [0, 0.1) is 0 Å². The molecule has 2 aromatic rings. The normalized spacial score (nSPS) is 10.9. The Balaban J connectivity index is 2.19. The molecule has 2 rings (SSSR count). The van der Waals surface area contributed by atoms with Gasteiger partial charge in [0.05, 0.1) is 5.03 Å². The molecule has 74 valence electrons. The van der Waals surface area contributed by atoms with Crippen LogP contribution in [-0.4, -0.2) is 21.0 Å². The van der Waals surface area contributed by atoms with E-state index in [2.05, 4.69) is 15.5 Å². The van der Waals surface area contributed by atoms with Gasteiger partial charge in [0, 0.05) is 24.0 Å². The number of fused-ring (bicyclic) bond motifs is 1. The zero-order chi connectivity index (χ0) is 9.80. The molecule has 0 unspecified atom stereocenters. The van der Waals surface area contributed by atoms with Crippen LogP contribution >= 0.6 is 23.4 Å². The molecular weight excluding hydrogens is 216 g/mol. The molecule has 0 amide bonds. The summed E-state index contributed by atoms with van der Waals surface area (Å²) in [5.74, 6) is 1.79. The van der Waals surface area contributed by atoms with Crippen molar-refractivity contribution in [3.8, 4) is 0 Å². The molecule has 4 heteroatoms. The summed E-state index contributed by atoms with van der Waals surface area (Å²) in [5, 5.41) is 1.23. The van der Waals surface area contributed by atoms with Gasteiger partial charge in [-0.25, -0.2) is 4.98 Å². The monoisotopic (exact) mass is 226 g/mol. The molecule has 0 spiro atoms. The van der Waals surface area contributed by atoms with Crippen LogP contribution < -0.4 is 0 Å². The van der Waals surface area contributed by atoms with Crippen LogP contribution in [0.15, 0.2) is 35.6 Å². The van der Waals surface area contributed by atoms with Gasteiger partial charge in [-0.2, -0.15) is 0 Å². The smallest absolute Gasteiger partial charge is 0.137 e. The number of nitrogens with zero attached hydrogens (tertiary/aromatic N) is 2. The average molecular weight is 227 g/mol. The molecule has 2 nitrogen and oxygen atoms in total. The molecule has 14 heavy (non-hydrogen) atoms. The summed E-state index contributed by atoms with van der Waals surface area (Å²) in [5.41, 5.74) is 1.00. The van der Waals surface area contributed by atoms with Crippen LogP contribution in [0.1, 0.15) is 6.42 Å². The van der Waals surface area contributed by atoms with Crippen molar-refractivity contribution in [1.82, 2.24) is 9.38 Å². The van der Waals surface area contributed by atoms with E-state index in [0.29, 0.717) is 0 Å². The first-order chi connectivity index (χ1) is 6.92. The van der Waals surface area contributed by atoms with Crippen molar-refractivity contribution in [2.45, 2.75) is 11.4 Å². The third kappa shape index (κ3) is 2.04. The van der Waals surface area contributed by atoms with Gasteiger partial charge in [-0.05, 0) is 18.6 Å². The Labute approximate surface area is 92.3 Å². The minimum Gasteiger partial charge on any atom is -0.294 e. The molecule has 0 N–H and O–H groups in total. The van der Waals surface area contributed by atoms with Gasteiger partial charge >= 0.3 is 0 Å². The predicted molar refractivity (Wildman–Crippen MR) is 61.3 cm³/mol. The average Bonchev–Trinajstić information content (AvgIpc) is 2.67. The van der Waals surface area contributed by atoms with Gasteiger partial charge < -0.3 is 0 Å². The lowest BCUT2D eigenvalue weighted by Gasteiger charge is -2.03. The Morgan fingerprint density at radius 2 is 2.36 bits per heavy atom. The van der Waals surface area contributed by atoms with Gasteiger partial charge in [0.1, 0.15) is 5.65 Å². The summed E-state index contributed by atoms with van der Waals surface area (Å²) in [6.45, 7) is 0. The topological polar surface area (TPSA) is 17.3 Å². The highest BCUT2D eigenvalue weighted by Gasteiger charge is 1.99. The van der Waals surface area contributed by atoms with Gasteiger partial charge in [0.2, 0.25) is 0 Å². The summed E-state index contributed by atoms with van der Waals surface area (Å²) in [6, 6.07) is 6.14. The largest absolute Gasteiger partial charge is 0.294 e. The Morgan fingerprint density at radius 1 is 1.43 bits per heavy atom. The summed E-state index contributed by atoms with van der Waals surface area (Å²) < 4.78 is 2.10. The first-order valence-electron chi connectivity index (χ1n) is 4.52. The number of imidazole rings is 1. The van der Waals surface area contributed by atoms with Gasteiger partial charge in [0.25, 0.3) is 0 Å². The molecule has 0 fully saturated rings. The van der Waals surface area contributed by atoms with Crippen molar-refractivity contribution in [2.75, 3.05) is 11.6 Å². The van der Waals surface area contributed by atoms with E-state index in [9.17, 15) is 0 Å². The number of hydrogen-bond acceptors (Lipinski definition) is 2. The second-order valence-electron chi connectivity index (χ2n) is 2.91. The van der Waals surface area contributed by atoms with Crippen LogP contribution in [0.25, 0.3) is 5.65 Å². The number of alkyl halides is 1. The Morgan fingerprint density at radius 3 is 3.21 bits per heavy atom. The van der Waals surface area contributed by atoms with Gasteiger partial charge in [-0.3, -0.25) is 4.40 Å². The number of pyridine rings is 1. The van der Waals surface area contributed by atoms with E-state index >= 15 is 0 Å². The fourth-order valence-electron chi connectivity index (χ4n) is 1.27. The maximum atomic E-state index is 5.63. The molecule has 2 aromatic heterocycles. The molecule has 0 aliphatic rings. The highest BCUT2D eigenvalue weighted by Crippen LogP contribution is 2.19. The number of aromatic nitrogens is 2. The Kier molecular flexibility index (Phi) is 3.32. The second kappa shape index (κ2) is 4.71. The predicted octanol–water partition coefficient (Wildman–Crippen LogP) is 3.06. The van der Waals surface area contributed by atoms with E-state index in [1.165, 1.54) is 5.03 Å². The van der Waals surface area contributed by atoms with Gasteiger partial charge in [-0.15, -0.1) is 23.4 Å². The summed E-state index contributed by atoms with van der Waals surface area (Å²) in [6.07, 6.45) is 4.84. The first-order valence-corrected chi connectivity index (χ1v) is 6.04. The van der Waals surface area contributed by atoms with E-state index in [1.54, 1.807) is 0 Å². The highest BCUT2D eigenvalue weighted by atomic mass is 35.5. The Bertz CT molecular complexity index is 413. The molecule has 0 bridgehead atoms. The highest BCUT2D eigenvalue weighted by molar-refractivity contribution is 7.99. The van der Waals surface area contributed by atoms with Crippen molar-refractivity contribution < 1.29 is 0 Å². The fourth-order valence-corrected chi connectivity index (χ4v) is 2.53. The van der Waals surface area contributed by atoms with Gasteiger partial charge in [-0.1, -0.05) is 6.07 Å². The quantitative estimate of drug-likeness (QED) is 0.453. The van der Waals surface area contributed by atoms with E-state index < -0.39 is 0 Å². The summed E-state index contributed by atoms with van der Waals surface area (Å²) >= 11 is 7.45. The molecule has 0 saturated carbocycles. The second-order valence-corrected chi connectivity index (χ2v) is 4.40. The zero-order valence-electron chi connectivity index (χ0n) is 7.69. The molecule has 0 radical (unpaired) electrons. The fraction of sp³-hybridized carbons (Fsp3) is 0.300. The van der Waals surface area contributed by atoms with Crippen molar-refractivity contribution in [3.63, 3.8) is 0 Å². The van der Waals surface area contributed by atoms with Crippen LogP contribution in [0.4, 0.5) is 0 Å². The molecular formula is C10H11ClN2S. The molecule has 0 atom stereocenters. The SMILES string of the molecule is ClCCCSc1cccc2nccn12. The van der Waals surface area contributed by atoms with Crippen molar-refractivity contribution in [3.05, 3.63) is 30.6 Å². The number of thioether (sulfide) groups is 1. The number of hydrogen-bond donors (Lipinski definition) is 0. The van der Waals surface area contributed by atoms with Crippen LogP contribution in [-0.2, 0) is 0 Å². The lowest BCUT2D eigenvalue weighted by Crippen LogP contribution is -1.89. The molecule has 0 aliphatic carbocycles. The maximum absolute atomic E-state index is 5.63. The van der Waals surface area contributed by atoms with Crippen LogP contribution in [0.5, 0.6) is 0 Å². The standard InChI is InChI=1S/C10H11ClN2S/c11-5-2-8-14-10-4-1-3-9-12-6-7-13(9)10/h1,3-4,6-7H,2,5,8H2. The molecule has 0 aliphatic heterocycles.